The first-order valence-corrected chi connectivity index (χ1v) is 11.1. The quantitative estimate of drug-likeness (QED) is 0.566. The lowest BCUT2D eigenvalue weighted by Crippen LogP contribution is -2.41. The van der Waals surface area contributed by atoms with Crippen molar-refractivity contribution in [3.05, 3.63) is 17.5 Å². The van der Waals surface area contributed by atoms with Crippen molar-refractivity contribution in [3.8, 4) is 0 Å². The highest BCUT2D eigenvalue weighted by Crippen LogP contribution is 2.54. The Morgan fingerprint density at radius 2 is 2.11 bits per heavy atom. The Labute approximate surface area is 170 Å². The van der Waals surface area contributed by atoms with Crippen molar-refractivity contribution in [2.45, 2.75) is 69.9 Å². The fourth-order valence-corrected chi connectivity index (χ4v) is 5.40. The number of ether oxygens (including phenoxy) is 2. The standard InChI is InChI=1S/C22H40N4O2/c1-23-11-12-26(2)17-19-16-24-25-21(19)18-7-8-20(28-14-6-13-27-3)22(15-18)9-4-5-10-22/h16,18,20,23H,4-15,17H2,1-3H3,(H,24,25)/t18-,20-/m1/s1. The molecule has 2 saturated carbocycles. The predicted octanol–water partition coefficient (Wildman–Crippen LogP) is 3.31. The summed E-state index contributed by atoms with van der Waals surface area (Å²) >= 11 is 0. The molecule has 160 valence electrons. The Kier molecular flexibility index (Phi) is 8.33. The molecular weight excluding hydrogens is 352 g/mol. The highest BCUT2D eigenvalue weighted by atomic mass is 16.5. The zero-order valence-electron chi connectivity index (χ0n) is 18.1. The van der Waals surface area contributed by atoms with Crippen LogP contribution in [0.5, 0.6) is 0 Å². The molecule has 28 heavy (non-hydrogen) atoms. The molecule has 2 aliphatic rings. The molecule has 2 fully saturated rings. The average molecular weight is 393 g/mol. The monoisotopic (exact) mass is 392 g/mol. The van der Waals surface area contributed by atoms with E-state index >= 15 is 0 Å². The lowest BCUT2D eigenvalue weighted by atomic mass is 9.65. The molecule has 0 bridgehead atoms. The van der Waals surface area contributed by atoms with Crippen molar-refractivity contribution in [1.82, 2.24) is 20.4 Å². The number of methoxy groups -OCH3 is 1. The number of aromatic amines is 1. The number of likely N-dealkylation sites (N-methyl/N-ethyl adjacent to an activating group) is 2. The fourth-order valence-electron chi connectivity index (χ4n) is 5.40. The Bertz CT molecular complexity index is 571. The Morgan fingerprint density at radius 1 is 1.29 bits per heavy atom. The van der Waals surface area contributed by atoms with E-state index in [1.807, 2.05) is 13.2 Å². The van der Waals surface area contributed by atoms with Gasteiger partial charge in [-0.2, -0.15) is 5.10 Å². The smallest absolute Gasteiger partial charge is 0.0631 e. The molecule has 0 unspecified atom stereocenters. The summed E-state index contributed by atoms with van der Waals surface area (Å²) in [6, 6.07) is 0. The highest BCUT2D eigenvalue weighted by Gasteiger charge is 2.47. The molecule has 2 N–H and O–H groups in total. The molecular formula is C22H40N4O2. The summed E-state index contributed by atoms with van der Waals surface area (Å²) in [7, 11) is 5.97. The number of hydrogen-bond donors (Lipinski definition) is 2. The summed E-state index contributed by atoms with van der Waals surface area (Å²) < 4.78 is 11.6. The Balaban J connectivity index is 1.63. The van der Waals surface area contributed by atoms with E-state index < -0.39 is 0 Å². The van der Waals surface area contributed by atoms with Gasteiger partial charge in [0.05, 0.1) is 12.3 Å². The van der Waals surface area contributed by atoms with Gasteiger partial charge >= 0.3 is 0 Å². The van der Waals surface area contributed by atoms with Crippen LogP contribution in [0.1, 0.15) is 68.5 Å². The van der Waals surface area contributed by atoms with Crippen molar-refractivity contribution in [2.75, 3.05) is 47.5 Å². The van der Waals surface area contributed by atoms with Crippen LogP contribution >= 0.6 is 0 Å². The lowest BCUT2D eigenvalue weighted by molar-refractivity contribution is -0.0736. The molecule has 3 rings (SSSR count). The number of nitrogens with zero attached hydrogens (tertiary/aromatic N) is 2. The van der Waals surface area contributed by atoms with E-state index in [0.29, 0.717) is 17.4 Å². The number of H-pyrrole nitrogens is 1. The van der Waals surface area contributed by atoms with Gasteiger partial charge in [-0.05, 0) is 58.0 Å². The second-order valence-corrected chi connectivity index (χ2v) is 8.90. The van der Waals surface area contributed by atoms with Crippen LogP contribution < -0.4 is 5.32 Å². The molecule has 0 aliphatic heterocycles. The molecule has 1 heterocycles. The van der Waals surface area contributed by atoms with Gasteiger partial charge in [0.2, 0.25) is 0 Å². The van der Waals surface area contributed by atoms with Gasteiger partial charge in [-0.25, -0.2) is 0 Å². The van der Waals surface area contributed by atoms with E-state index in [-0.39, 0.29) is 0 Å². The van der Waals surface area contributed by atoms with Gasteiger partial charge in [-0.15, -0.1) is 0 Å². The van der Waals surface area contributed by atoms with Crippen LogP contribution in [0.2, 0.25) is 0 Å². The van der Waals surface area contributed by atoms with Crippen LogP contribution in [-0.4, -0.2) is 68.7 Å². The molecule has 2 aliphatic carbocycles. The first-order valence-electron chi connectivity index (χ1n) is 11.1. The topological polar surface area (TPSA) is 62.4 Å². The zero-order valence-corrected chi connectivity index (χ0v) is 18.1. The normalized spacial score (nSPS) is 24.4. The van der Waals surface area contributed by atoms with E-state index in [1.165, 1.54) is 56.2 Å². The second kappa shape index (κ2) is 10.7. The van der Waals surface area contributed by atoms with Crippen LogP contribution in [0.15, 0.2) is 6.20 Å². The largest absolute Gasteiger partial charge is 0.385 e. The first kappa shape index (κ1) is 21.8. The summed E-state index contributed by atoms with van der Waals surface area (Å²) in [5.41, 5.74) is 3.12. The van der Waals surface area contributed by atoms with Gasteiger partial charge in [-0.1, -0.05) is 12.8 Å². The Hall–Kier alpha value is -0.950. The zero-order chi connectivity index (χ0) is 19.8. The first-order chi connectivity index (χ1) is 13.7. The number of nitrogens with one attached hydrogen (secondary N) is 2. The van der Waals surface area contributed by atoms with Gasteiger partial charge in [0.1, 0.15) is 0 Å². The molecule has 0 saturated heterocycles. The Morgan fingerprint density at radius 3 is 2.86 bits per heavy atom. The predicted molar refractivity (Wildman–Crippen MR) is 113 cm³/mol. The van der Waals surface area contributed by atoms with E-state index in [2.05, 4.69) is 27.5 Å². The van der Waals surface area contributed by atoms with Crippen molar-refractivity contribution in [1.29, 1.82) is 0 Å². The van der Waals surface area contributed by atoms with Crippen molar-refractivity contribution in [3.63, 3.8) is 0 Å². The minimum absolute atomic E-state index is 0.371. The molecule has 0 radical (unpaired) electrons. The van der Waals surface area contributed by atoms with Crippen molar-refractivity contribution in [2.24, 2.45) is 5.41 Å². The molecule has 0 aromatic carbocycles. The van der Waals surface area contributed by atoms with Gasteiger partial charge in [-0.3, -0.25) is 5.10 Å². The summed E-state index contributed by atoms with van der Waals surface area (Å²) in [5, 5.41) is 11.0. The molecule has 1 spiro atoms. The maximum Gasteiger partial charge on any atom is 0.0631 e. The van der Waals surface area contributed by atoms with E-state index in [9.17, 15) is 0 Å². The van der Waals surface area contributed by atoms with E-state index in [4.69, 9.17) is 9.47 Å². The van der Waals surface area contributed by atoms with Crippen molar-refractivity contribution < 1.29 is 9.47 Å². The van der Waals surface area contributed by atoms with Gasteiger partial charge in [0, 0.05) is 57.1 Å². The molecule has 6 heteroatoms. The molecule has 0 amide bonds. The number of aromatic nitrogens is 2. The molecule has 6 nitrogen and oxygen atoms in total. The third-order valence-corrected chi connectivity index (χ3v) is 6.87. The summed E-state index contributed by atoms with van der Waals surface area (Å²) in [5.74, 6) is 0.590. The fraction of sp³-hybridized carbons (Fsp3) is 0.864. The van der Waals surface area contributed by atoms with Gasteiger partial charge < -0.3 is 19.7 Å². The lowest BCUT2D eigenvalue weighted by Gasteiger charge is -2.44. The van der Waals surface area contributed by atoms with E-state index in [0.717, 1.165) is 39.3 Å². The van der Waals surface area contributed by atoms with Gasteiger partial charge in [0.25, 0.3) is 0 Å². The third kappa shape index (κ3) is 5.35. The van der Waals surface area contributed by atoms with E-state index in [1.54, 1.807) is 7.11 Å². The van der Waals surface area contributed by atoms with Crippen LogP contribution in [-0.2, 0) is 16.0 Å². The van der Waals surface area contributed by atoms with Crippen LogP contribution in [0, 0.1) is 5.41 Å². The van der Waals surface area contributed by atoms with Crippen LogP contribution in [0.3, 0.4) is 0 Å². The molecule has 2 atom stereocenters. The minimum Gasteiger partial charge on any atom is -0.385 e. The minimum atomic E-state index is 0.371. The molecule has 1 aromatic rings. The van der Waals surface area contributed by atoms with Crippen LogP contribution in [0.4, 0.5) is 0 Å². The summed E-state index contributed by atoms with van der Waals surface area (Å²) in [6.45, 7) is 4.65. The van der Waals surface area contributed by atoms with Crippen LogP contribution in [0.25, 0.3) is 0 Å². The molecule has 1 aromatic heterocycles. The van der Waals surface area contributed by atoms with Crippen molar-refractivity contribution >= 4 is 0 Å². The third-order valence-electron chi connectivity index (χ3n) is 6.87. The second-order valence-electron chi connectivity index (χ2n) is 8.90. The number of hydrogen-bond acceptors (Lipinski definition) is 5. The van der Waals surface area contributed by atoms with Gasteiger partial charge in [0.15, 0.2) is 0 Å². The maximum atomic E-state index is 6.41. The average Bonchev–Trinajstić information content (AvgIpc) is 3.35. The maximum absolute atomic E-state index is 6.41. The summed E-state index contributed by atoms with van der Waals surface area (Å²) in [6.07, 6.45) is 12.4. The SMILES string of the molecule is CNCCN(C)Cc1cn[nH]c1[C@@H]1CC[C@@H](OCCCOC)C2(CCCC2)C1. The number of rotatable bonds is 11. The highest BCUT2D eigenvalue weighted by molar-refractivity contribution is 5.22. The summed E-state index contributed by atoms with van der Waals surface area (Å²) in [4.78, 5) is 2.38.